The van der Waals surface area contributed by atoms with E-state index in [-0.39, 0.29) is 47.7 Å². The fraction of sp³-hybridized carbons (Fsp3) is 0.778. The van der Waals surface area contributed by atoms with Crippen LogP contribution in [-0.2, 0) is 50.7 Å². The van der Waals surface area contributed by atoms with E-state index in [4.69, 9.17) is 19.5 Å². The fourth-order valence-electron chi connectivity index (χ4n) is 6.50. The van der Waals surface area contributed by atoms with Gasteiger partial charge >= 0.3 is 23.5 Å². The Morgan fingerprint density at radius 3 is 2.23 bits per heavy atom. The van der Waals surface area contributed by atoms with Gasteiger partial charge in [-0.15, -0.1) is 0 Å². The zero-order valence-electron chi connectivity index (χ0n) is 36.6. The minimum atomic E-state index is -5.58. The van der Waals surface area contributed by atoms with Crippen LogP contribution in [-0.4, -0.2) is 134 Å². The number of rotatable bonds is 32. The Kier molecular flexibility index (Phi) is 23.5. The van der Waals surface area contributed by atoms with Crippen molar-refractivity contribution >= 4 is 69.1 Å². The van der Waals surface area contributed by atoms with Crippen LogP contribution in [0.4, 0.5) is 5.82 Å². The van der Waals surface area contributed by atoms with E-state index in [1.165, 1.54) is 13.8 Å². The van der Waals surface area contributed by atoms with Gasteiger partial charge in [0.15, 0.2) is 22.8 Å². The number of hydrogen-bond donors (Lipinski definition) is 10. The van der Waals surface area contributed by atoms with Crippen LogP contribution in [0.5, 0.6) is 0 Å². The molecule has 0 saturated carbocycles. The van der Waals surface area contributed by atoms with Crippen LogP contribution >= 0.6 is 35.2 Å². The van der Waals surface area contributed by atoms with Crippen LogP contribution in [0, 0.1) is 5.41 Å². The average Bonchev–Trinajstić information content (AvgIpc) is 3.78. The van der Waals surface area contributed by atoms with Crippen LogP contribution in [0.3, 0.4) is 0 Å². The van der Waals surface area contributed by atoms with Crippen molar-refractivity contribution in [3.05, 3.63) is 12.7 Å². The lowest BCUT2D eigenvalue weighted by molar-refractivity contribution is -0.137. The number of phosphoric ester groups is 3. The molecule has 372 valence electrons. The highest BCUT2D eigenvalue weighted by Gasteiger charge is 2.50. The van der Waals surface area contributed by atoms with Crippen molar-refractivity contribution in [1.29, 1.82) is 0 Å². The SMILES string of the molecule is CCCCCC(O)CCCCCCCCC(=O)SCCNC(=O)CCNC(=O)C(O)C(C)(C)COP(=O)(O)OP(=O)(O)OCC1OC(n2cnc3c(N)ncnc32)C(O)C1OP(=O)(O)O. The number of nitrogens with zero attached hydrogens (tertiary/aromatic N) is 4. The molecule has 0 aliphatic carbocycles. The Bertz CT molecular complexity index is 1980. The molecule has 1 aliphatic rings. The number of nitrogens with one attached hydrogen (secondary N) is 2. The van der Waals surface area contributed by atoms with Crippen LogP contribution in [0.25, 0.3) is 11.2 Å². The van der Waals surface area contributed by atoms with Gasteiger partial charge in [-0.05, 0) is 19.3 Å². The highest BCUT2D eigenvalue weighted by Crippen LogP contribution is 2.61. The second-order valence-electron chi connectivity index (χ2n) is 16.1. The van der Waals surface area contributed by atoms with E-state index < -0.39 is 84.6 Å². The second-order valence-corrected chi connectivity index (χ2v) is 21.5. The number of aliphatic hydroxyl groups is 3. The number of phosphoric acid groups is 3. The first-order valence-corrected chi connectivity index (χ1v) is 26.7. The standard InChI is InChI=1S/C36H64N7O18P3S/c1-4-5-10-13-24(44)14-11-8-6-7-9-12-15-27(46)65-19-18-38-26(45)16-17-39-34(49)31(48)36(2,3)21-58-64(55,56)61-63(53,54)57-20-25-30(60-62(50,51)52)29(47)35(59-25)43-23-42-28-32(37)40-22-41-33(28)43/h22-25,29-31,35,44,47-48H,4-21H2,1-3H3,(H,38,45)(H,39,49)(H,53,54)(H,55,56)(H2,37,40,41)(H2,50,51,52). The number of unbranched alkanes of at least 4 members (excludes halogenated alkanes) is 7. The third-order valence-corrected chi connectivity index (χ3v) is 14.1. The largest absolute Gasteiger partial charge is 0.481 e. The summed E-state index contributed by atoms with van der Waals surface area (Å²) < 4.78 is 62.4. The van der Waals surface area contributed by atoms with Crippen molar-refractivity contribution in [3.8, 4) is 0 Å². The Hall–Kier alpha value is -2.48. The molecule has 3 heterocycles. The molecule has 8 atom stereocenters. The molecule has 0 aromatic carbocycles. The maximum Gasteiger partial charge on any atom is 0.481 e. The molecule has 8 unspecified atom stereocenters. The quantitative estimate of drug-likeness (QED) is 0.0372. The van der Waals surface area contributed by atoms with Crippen molar-refractivity contribution in [2.75, 3.05) is 37.8 Å². The van der Waals surface area contributed by atoms with Crippen LogP contribution in [0.2, 0.25) is 0 Å². The predicted octanol–water partition coefficient (Wildman–Crippen LogP) is 2.73. The Labute approximate surface area is 380 Å². The van der Waals surface area contributed by atoms with Gasteiger partial charge in [0.2, 0.25) is 11.8 Å². The number of nitrogens with two attached hydrogens (primary N) is 1. The summed E-state index contributed by atoms with van der Waals surface area (Å²) in [5, 5.41) is 36.6. The van der Waals surface area contributed by atoms with Crippen molar-refractivity contribution in [1.82, 2.24) is 30.2 Å². The number of aliphatic hydroxyl groups excluding tert-OH is 3. The van der Waals surface area contributed by atoms with E-state index in [0.29, 0.717) is 12.2 Å². The van der Waals surface area contributed by atoms with Gasteiger partial charge in [0.25, 0.3) is 0 Å². The van der Waals surface area contributed by atoms with E-state index >= 15 is 0 Å². The molecule has 1 saturated heterocycles. The number of amides is 2. The molecule has 25 nitrogen and oxygen atoms in total. The number of ether oxygens (including phenoxy) is 1. The molecule has 2 aromatic rings. The third-order valence-electron chi connectivity index (χ3n) is 10.1. The van der Waals surface area contributed by atoms with E-state index in [9.17, 15) is 63.0 Å². The molecular weight excluding hydrogens is 943 g/mol. The van der Waals surface area contributed by atoms with Crippen molar-refractivity contribution in [2.24, 2.45) is 5.41 Å². The van der Waals surface area contributed by atoms with Crippen LogP contribution in [0.15, 0.2) is 12.7 Å². The lowest BCUT2D eigenvalue weighted by Crippen LogP contribution is -2.46. The van der Waals surface area contributed by atoms with Crippen molar-refractivity contribution in [2.45, 2.75) is 141 Å². The molecule has 0 bridgehead atoms. The molecule has 0 radical (unpaired) electrons. The van der Waals surface area contributed by atoms with Crippen LogP contribution in [0.1, 0.15) is 110 Å². The van der Waals surface area contributed by atoms with E-state index in [2.05, 4.69) is 41.3 Å². The Balaban J connectivity index is 1.33. The number of anilines is 1. The predicted molar refractivity (Wildman–Crippen MR) is 234 cm³/mol. The number of carbonyl (C=O) groups is 3. The minimum Gasteiger partial charge on any atom is -0.393 e. The number of imidazole rings is 1. The lowest BCUT2D eigenvalue weighted by atomic mass is 9.87. The molecule has 29 heteroatoms. The molecular formula is C36H64N7O18P3S. The first-order valence-electron chi connectivity index (χ1n) is 21.2. The molecule has 2 aromatic heterocycles. The maximum atomic E-state index is 12.7. The van der Waals surface area contributed by atoms with E-state index in [1.54, 1.807) is 0 Å². The molecule has 65 heavy (non-hydrogen) atoms. The number of fused-ring (bicyclic) bond motifs is 1. The summed E-state index contributed by atoms with van der Waals surface area (Å²) in [6.07, 6.45) is 4.29. The summed E-state index contributed by atoms with van der Waals surface area (Å²) in [6, 6.07) is 0. The highest BCUT2D eigenvalue weighted by molar-refractivity contribution is 8.13. The monoisotopic (exact) mass is 1010 g/mol. The number of thioether (sulfide) groups is 1. The maximum absolute atomic E-state index is 12.7. The Morgan fingerprint density at radius 1 is 0.908 bits per heavy atom. The summed E-state index contributed by atoms with van der Waals surface area (Å²) in [5.41, 5.74) is 4.27. The normalized spacial score (nSPS) is 20.8. The van der Waals surface area contributed by atoms with Gasteiger partial charge in [-0.2, -0.15) is 4.31 Å². The summed E-state index contributed by atoms with van der Waals surface area (Å²) in [6.45, 7) is 2.66. The summed E-state index contributed by atoms with van der Waals surface area (Å²) in [5.74, 6) is -1.07. The van der Waals surface area contributed by atoms with Gasteiger partial charge in [0, 0.05) is 37.1 Å². The Morgan fingerprint density at radius 2 is 1.55 bits per heavy atom. The zero-order valence-corrected chi connectivity index (χ0v) is 40.1. The van der Waals surface area contributed by atoms with Gasteiger partial charge in [-0.25, -0.2) is 28.6 Å². The average molecular weight is 1010 g/mol. The van der Waals surface area contributed by atoms with Gasteiger partial charge < -0.3 is 56.0 Å². The first-order chi connectivity index (χ1) is 30.4. The van der Waals surface area contributed by atoms with E-state index in [1.807, 2.05) is 0 Å². The number of carbonyl (C=O) groups excluding carboxylic acids is 3. The van der Waals surface area contributed by atoms with E-state index in [0.717, 1.165) is 99.6 Å². The highest BCUT2D eigenvalue weighted by atomic mass is 32.2. The molecule has 0 spiro atoms. The lowest BCUT2D eigenvalue weighted by Gasteiger charge is -2.30. The fourth-order valence-corrected chi connectivity index (χ4v) is 10.0. The number of nitrogen functional groups attached to an aromatic ring is 1. The topological polar surface area (TPSA) is 384 Å². The number of aromatic nitrogens is 4. The van der Waals surface area contributed by atoms with Gasteiger partial charge in [-0.3, -0.25) is 32.5 Å². The minimum absolute atomic E-state index is 0.0300. The molecule has 1 aliphatic heterocycles. The van der Waals surface area contributed by atoms with Gasteiger partial charge in [-0.1, -0.05) is 83.9 Å². The molecule has 2 amide bonds. The smallest absolute Gasteiger partial charge is 0.393 e. The van der Waals surface area contributed by atoms with Crippen molar-refractivity contribution in [3.63, 3.8) is 0 Å². The van der Waals surface area contributed by atoms with Gasteiger partial charge in [0.05, 0.1) is 25.6 Å². The molecule has 11 N–H and O–H groups in total. The first kappa shape index (κ1) is 56.8. The zero-order chi connectivity index (χ0) is 48.4. The van der Waals surface area contributed by atoms with Crippen LogP contribution < -0.4 is 16.4 Å². The summed E-state index contributed by atoms with van der Waals surface area (Å²) in [7, 11) is -16.4. The molecule has 1 fully saturated rings. The summed E-state index contributed by atoms with van der Waals surface area (Å²) >= 11 is 1.13. The number of hydrogen-bond acceptors (Lipinski definition) is 19. The third kappa shape index (κ3) is 20.3. The van der Waals surface area contributed by atoms with Crippen molar-refractivity contribution < 1.29 is 85.6 Å². The second kappa shape index (κ2) is 26.9. The molecule has 3 rings (SSSR count). The van der Waals surface area contributed by atoms with Gasteiger partial charge in [0.1, 0.15) is 36.3 Å². The summed E-state index contributed by atoms with van der Waals surface area (Å²) in [4.78, 5) is 88.2.